The molecular formula is C18H26N6O3. The SMILES string of the molecule is Cc1cnn(C2CCCC2)c1NC(=O)NCCc1noc([C@@H]2CCCO2)n1. The Bertz CT molecular complexity index is 774. The molecule has 9 nitrogen and oxygen atoms in total. The summed E-state index contributed by atoms with van der Waals surface area (Å²) in [6.07, 6.45) is 8.81. The monoisotopic (exact) mass is 374 g/mol. The quantitative estimate of drug-likeness (QED) is 0.805. The average Bonchev–Trinajstić information content (AvgIpc) is 3.44. The number of hydrogen-bond acceptors (Lipinski definition) is 6. The predicted octanol–water partition coefficient (Wildman–Crippen LogP) is 2.91. The molecule has 2 aromatic rings. The Kier molecular flexibility index (Phi) is 5.38. The normalized spacial score (nSPS) is 20.3. The Morgan fingerprint density at radius 1 is 1.30 bits per heavy atom. The van der Waals surface area contributed by atoms with E-state index < -0.39 is 0 Å². The van der Waals surface area contributed by atoms with E-state index >= 15 is 0 Å². The van der Waals surface area contributed by atoms with Gasteiger partial charge in [0.25, 0.3) is 5.89 Å². The Hall–Kier alpha value is -2.42. The highest BCUT2D eigenvalue weighted by Crippen LogP contribution is 2.32. The van der Waals surface area contributed by atoms with Crippen molar-refractivity contribution in [2.45, 2.75) is 64.0 Å². The molecule has 0 radical (unpaired) electrons. The number of carbonyl (C=O) groups excluding carboxylic acids is 1. The van der Waals surface area contributed by atoms with Gasteiger partial charge < -0.3 is 14.6 Å². The molecule has 0 unspecified atom stereocenters. The number of anilines is 1. The lowest BCUT2D eigenvalue weighted by atomic mass is 10.2. The van der Waals surface area contributed by atoms with Crippen LogP contribution in [0.5, 0.6) is 0 Å². The fraction of sp³-hybridized carbons (Fsp3) is 0.667. The van der Waals surface area contributed by atoms with E-state index in [4.69, 9.17) is 9.26 Å². The van der Waals surface area contributed by atoms with Crippen molar-refractivity contribution in [3.05, 3.63) is 23.5 Å². The fourth-order valence-corrected chi connectivity index (χ4v) is 3.74. The Labute approximate surface area is 157 Å². The van der Waals surface area contributed by atoms with Gasteiger partial charge >= 0.3 is 6.03 Å². The maximum atomic E-state index is 12.3. The minimum atomic E-state index is -0.249. The van der Waals surface area contributed by atoms with Crippen LogP contribution in [0.3, 0.4) is 0 Å². The van der Waals surface area contributed by atoms with Gasteiger partial charge in [-0.15, -0.1) is 0 Å². The summed E-state index contributed by atoms with van der Waals surface area (Å²) in [6.45, 7) is 3.12. The van der Waals surface area contributed by atoms with Gasteiger partial charge in [-0.25, -0.2) is 9.48 Å². The summed E-state index contributed by atoms with van der Waals surface area (Å²) in [5, 5.41) is 14.2. The molecule has 1 aliphatic carbocycles. The van der Waals surface area contributed by atoms with Crippen molar-refractivity contribution < 1.29 is 14.1 Å². The zero-order valence-electron chi connectivity index (χ0n) is 15.6. The molecule has 3 heterocycles. The largest absolute Gasteiger partial charge is 0.368 e. The van der Waals surface area contributed by atoms with Gasteiger partial charge in [-0.3, -0.25) is 5.32 Å². The lowest BCUT2D eigenvalue weighted by molar-refractivity contribution is 0.0835. The Morgan fingerprint density at radius 3 is 2.93 bits per heavy atom. The first kappa shape index (κ1) is 18.0. The van der Waals surface area contributed by atoms with E-state index in [1.807, 2.05) is 11.6 Å². The van der Waals surface area contributed by atoms with Gasteiger partial charge in [-0.2, -0.15) is 10.1 Å². The second-order valence-electron chi connectivity index (χ2n) is 7.24. The van der Waals surface area contributed by atoms with Crippen LogP contribution in [-0.4, -0.2) is 39.1 Å². The molecule has 9 heteroatoms. The molecule has 27 heavy (non-hydrogen) atoms. The van der Waals surface area contributed by atoms with Crippen LogP contribution in [-0.2, 0) is 11.2 Å². The summed E-state index contributed by atoms with van der Waals surface area (Å²) in [4.78, 5) is 16.6. The first-order valence-electron chi connectivity index (χ1n) is 9.74. The molecule has 4 rings (SSSR count). The molecule has 2 fully saturated rings. The van der Waals surface area contributed by atoms with Gasteiger partial charge in [-0.05, 0) is 32.6 Å². The third kappa shape index (κ3) is 4.13. The molecular weight excluding hydrogens is 348 g/mol. The summed E-state index contributed by atoms with van der Waals surface area (Å²) < 4.78 is 12.7. The predicted molar refractivity (Wildman–Crippen MR) is 97.4 cm³/mol. The van der Waals surface area contributed by atoms with Crippen molar-refractivity contribution in [1.29, 1.82) is 0 Å². The minimum absolute atomic E-state index is 0.0821. The van der Waals surface area contributed by atoms with Crippen LogP contribution in [0.15, 0.2) is 10.7 Å². The van der Waals surface area contributed by atoms with E-state index in [1.54, 1.807) is 6.20 Å². The summed E-state index contributed by atoms with van der Waals surface area (Å²) >= 11 is 0. The summed E-state index contributed by atoms with van der Waals surface area (Å²) in [6, 6.07) is 0.130. The van der Waals surface area contributed by atoms with Crippen molar-refractivity contribution in [3.8, 4) is 0 Å². The molecule has 2 N–H and O–H groups in total. The molecule has 2 aliphatic rings. The van der Waals surface area contributed by atoms with Crippen molar-refractivity contribution in [3.63, 3.8) is 0 Å². The van der Waals surface area contributed by atoms with Crippen LogP contribution in [0, 0.1) is 6.92 Å². The third-order valence-electron chi connectivity index (χ3n) is 5.20. The number of urea groups is 1. The van der Waals surface area contributed by atoms with Gasteiger partial charge in [-0.1, -0.05) is 18.0 Å². The molecule has 0 bridgehead atoms. The minimum Gasteiger partial charge on any atom is -0.368 e. The maximum absolute atomic E-state index is 12.3. The van der Waals surface area contributed by atoms with E-state index in [0.29, 0.717) is 30.7 Å². The number of nitrogens with one attached hydrogen (secondary N) is 2. The maximum Gasteiger partial charge on any atom is 0.320 e. The molecule has 2 amide bonds. The highest BCUT2D eigenvalue weighted by Gasteiger charge is 2.24. The van der Waals surface area contributed by atoms with E-state index in [0.717, 1.165) is 43.7 Å². The number of carbonyl (C=O) groups is 1. The number of ether oxygens (including phenoxy) is 1. The van der Waals surface area contributed by atoms with E-state index in [9.17, 15) is 4.79 Å². The first-order chi connectivity index (χ1) is 13.2. The molecule has 0 aromatic carbocycles. The standard InChI is InChI=1S/C18H26N6O3/c1-12-11-20-24(13-5-2-3-6-13)16(12)22-18(25)19-9-8-15-21-17(27-23-15)14-7-4-10-26-14/h11,13-14H,2-10H2,1H3,(H2,19,22,25)/t14-/m0/s1. The van der Waals surface area contributed by atoms with Gasteiger partial charge in [0.05, 0.1) is 12.2 Å². The van der Waals surface area contributed by atoms with Crippen molar-refractivity contribution in [2.75, 3.05) is 18.5 Å². The van der Waals surface area contributed by atoms with Crippen molar-refractivity contribution in [1.82, 2.24) is 25.2 Å². The molecule has 1 saturated carbocycles. The number of aromatic nitrogens is 4. The van der Waals surface area contributed by atoms with Gasteiger partial charge in [0, 0.05) is 25.1 Å². The first-order valence-corrected chi connectivity index (χ1v) is 9.74. The molecule has 1 aliphatic heterocycles. The van der Waals surface area contributed by atoms with Crippen LogP contribution in [0.25, 0.3) is 0 Å². The van der Waals surface area contributed by atoms with E-state index in [2.05, 4.69) is 25.9 Å². The number of amides is 2. The second kappa shape index (κ2) is 8.08. The van der Waals surface area contributed by atoms with Crippen molar-refractivity contribution >= 4 is 11.8 Å². The average molecular weight is 374 g/mol. The number of rotatable bonds is 6. The zero-order valence-corrected chi connectivity index (χ0v) is 15.6. The van der Waals surface area contributed by atoms with Gasteiger partial charge in [0.15, 0.2) is 5.82 Å². The van der Waals surface area contributed by atoms with Crippen LogP contribution in [0.1, 0.15) is 67.9 Å². The van der Waals surface area contributed by atoms with Gasteiger partial charge in [0.2, 0.25) is 0 Å². The third-order valence-corrected chi connectivity index (χ3v) is 5.20. The molecule has 146 valence electrons. The highest BCUT2D eigenvalue weighted by molar-refractivity contribution is 5.89. The van der Waals surface area contributed by atoms with Crippen LogP contribution in [0.2, 0.25) is 0 Å². The Balaban J connectivity index is 1.27. The smallest absolute Gasteiger partial charge is 0.320 e. The van der Waals surface area contributed by atoms with Crippen LogP contribution >= 0.6 is 0 Å². The number of nitrogens with zero attached hydrogens (tertiary/aromatic N) is 4. The molecule has 0 spiro atoms. The van der Waals surface area contributed by atoms with Crippen LogP contribution < -0.4 is 10.6 Å². The van der Waals surface area contributed by atoms with E-state index in [-0.39, 0.29) is 12.1 Å². The fourth-order valence-electron chi connectivity index (χ4n) is 3.74. The number of hydrogen-bond donors (Lipinski definition) is 2. The van der Waals surface area contributed by atoms with Crippen LogP contribution in [0.4, 0.5) is 10.6 Å². The zero-order chi connectivity index (χ0) is 18.6. The van der Waals surface area contributed by atoms with Gasteiger partial charge in [0.1, 0.15) is 11.9 Å². The molecule has 1 atom stereocenters. The summed E-state index contributed by atoms with van der Waals surface area (Å²) in [5.41, 5.74) is 0.969. The summed E-state index contributed by atoms with van der Waals surface area (Å²) in [7, 11) is 0. The highest BCUT2D eigenvalue weighted by atomic mass is 16.5. The molecule has 2 aromatic heterocycles. The molecule has 1 saturated heterocycles. The van der Waals surface area contributed by atoms with E-state index in [1.165, 1.54) is 12.8 Å². The Morgan fingerprint density at radius 2 is 2.15 bits per heavy atom. The summed E-state index contributed by atoms with van der Waals surface area (Å²) in [5.74, 6) is 1.88. The van der Waals surface area contributed by atoms with Crippen molar-refractivity contribution in [2.24, 2.45) is 0 Å². The second-order valence-corrected chi connectivity index (χ2v) is 7.24. The lowest BCUT2D eigenvalue weighted by Crippen LogP contribution is -2.32. The lowest BCUT2D eigenvalue weighted by Gasteiger charge is -2.15. The number of aryl methyl sites for hydroxylation is 1. The topological polar surface area (TPSA) is 107 Å².